The monoisotopic (exact) mass is 221 g/mol. The van der Waals surface area contributed by atoms with Crippen LogP contribution in [-0.4, -0.2) is 33.3 Å². The molecule has 0 bridgehead atoms. The van der Waals surface area contributed by atoms with Gasteiger partial charge < -0.3 is 4.57 Å². The molecular formula is C12H19N3O. The Morgan fingerprint density at radius 2 is 2.06 bits per heavy atom. The molecule has 0 aliphatic carbocycles. The summed E-state index contributed by atoms with van der Waals surface area (Å²) in [5.74, 6) is 0.397. The van der Waals surface area contributed by atoms with Crippen LogP contribution in [0.4, 0.5) is 0 Å². The van der Waals surface area contributed by atoms with Gasteiger partial charge in [0.05, 0.1) is 12.0 Å². The van der Waals surface area contributed by atoms with E-state index >= 15 is 0 Å². The number of likely N-dealkylation sites (tertiary alicyclic amines) is 1. The van der Waals surface area contributed by atoms with Crippen molar-refractivity contribution < 1.29 is 4.79 Å². The lowest BCUT2D eigenvalue weighted by molar-refractivity contribution is -0.121. The first-order chi connectivity index (χ1) is 7.66. The summed E-state index contributed by atoms with van der Waals surface area (Å²) in [5, 5.41) is 0. The van der Waals surface area contributed by atoms with Crippen molar-refractivity contribution >= 4 is 5.78 Å². The van der Waals surface area contributed by atoms with Crippen LogP contribution < -0.4 is 0 Å². The zero-order valence-corrected chi connectivity index (χ0v) is 10.0. The molecular weight excluding hydrogens is 202 g/mol. The highest BCUT2D eigenvalue weighted by Gasteiger charge is 2.17. The van der Waals surface area contributed by atoms with Crippen LogP contribution in [0.3, 0.4) is 0 Å². The zero-order chi connectivity index (χ0) is 11.5. The number of piperidine rings is 1. The molecule has 4 heteroatoms. The molecule has 1 aliphatic rings. The molecule has 4 nitrogen and oxygen atoms in total. The van der Waals surface area contributed by atoms with Gasteiger partial charge >= 0.3 is 0 Å². The van der Waals surface area contributed by atoms with Crippen molar-refractivity contribution in [2.24, 2.45) is 0 Å². The summed E-state index contributed by atoms with van der Waals surface area (Å²) in [5.41, 5.74) is 1.24. The maximum absolute atomic E-state index is 11.1. The molecule has 1 saturated heterocycles. The molecule has 0 amide bonds. The van der Waals surface area contributed by atoms with Gasteiger partial charge in [-0.05, 0) is 13.8 Å². The number of hydrogen-bond acceptors (Lipinski definition) is 3. The minimum Gasteiger partial charge on any atom is -0.331 e. The van der Waals surface area contributed by atoms with E-state index in [-0.39, 0.29) is 0 Å². The Morgan fingerprint density at radius 1 is 1.38 bits per heavy atom. The second kappa shape index (κ2) is 4.78. The van der Waals surface area contributed by atoms with Crippen LogP contribution in [0.5, 0.6) is 0 Å². The lowest BCUT2D eigenvalue weighted by atomic mass is 10.1. The number of rotatable bonds is 3. The largest absolute Gasteiger partial charge is 0.331 e. The fraction of sp³-hybridized carbons (Fsp3) is 0.667. The summed E-state index contributed by atoms with van der Waals surface area (Å²) >= 11 is 0. The van der Waals surface area contributed by atoms with Gasteiger partial charge in [-0.2, -0.15) is 0 Å². The van der Waals surface area contributed by atoms with E-state index in [0.717, 1.165) is 19.6 Å². The number of carbonyl (C=O) groups is 1. The molecule has 1 aromatic rings. The molecule has 0 atom stereocenters. The topological polar surface area (TPSA) is 38.1 Å². The van der Waals surface area contributed by atoms with Crippen LogP contribution >= 0.6 is 0 Å². The van der Waals surface area contributed by atoms with E-state index in [1.165, 1.54) is 5.69 Å². The smallest absolute Gasteiger partial charge is 0.135 e. The van der Waals surface area contributed by atoms with Crippen LogP contribution in [0, 0.1) is 0 Å². The van der Waals surface area contributed by atoms with Gasteiger partial charge in [-0.3, -0.25) is 9.69 Å². The third-order valence-corrected chi connectivity index (χ3v) is 3.10. The fourth-order valence-corrected chi connectivity index (χ4v) is 2.11. The van der Waals surface area contributed by atoms with Crippen LogP contribution in [0.15, 0.2) is 12.5 Å². The summed E-state index contributed by atoms with van der Waals surface area (Å²) in [6, 6.07) is 0.448. The van der Waals surface area contributed by atoms with Gasteiger partial charge in [0.2, 0.25) is 0 Å². The maximum atomic E-state index is 11.1. The third-order valence-electron chi connectivity index (χ3n) is 3.10. The Morgan fingerprint density at radius 3 is 2.69 bits per heavy atom. The molecule has 1 fully saturated rings. The minimum absolute atomic E-state index is 0.397. The summed E-state index contributed by atoms with van der Waals surface area (Å²) in [6.07, 6.45) is 5.22. The molecule has 0 saturated carbocycles. The van der Waals surface area contributed by atoms with Gasteiger partial charge in [0.15, 0.2) is 0 Å². The van der Waals surface area contributed by atoms with Crippen molar-refractivity contribution in [3.8, 4) is 0 Å². The molecule has 2 rings (SSSR count). The average Bonchev–Trinajstić information content (AvgIpc) is 2.69. The van der Waals surface area contributed by atoms with Crippen LogP contribution in [0.2, 0.25) is 0 Å². The molecule has 0 unspecified atom stereocenters. The molecule has 0 N–H and O–H groups in total. The lowest BCUT2D eigenvalue weighted by Gasteiger charge is -2.26. The Hall–Kier alpha value is -1.16. The molecule has 1 aliphatic heterocycles. The highest BCUT2D eigenvalue weighted by Crippen LogP contribution is 2.14. The molecule has 0 aromatic carbocycles. The van der Waals surface area contributed by atoms with Gasteiger partial charge in [-0.25, -0.2) is 4.98 Å². The van der Waals surface area contributed by atoms with Gasteiger partial charge in [0.25, 0.3) is 0 Å². The van der Waals surface area contributed by atoms with Gasteiger partial charge in [-0.15, -0.1) is 0 Å². The number of Topliss-reactive ketones (excluding diaryl/α,β-unsaturated/α-hetero) is 1. The number of carbonyl (C=O) groups excluding carboxylic acids is 1. The normalized spacial score (nSPS) is 18.3. The van der Waals surface area contributed by atoms with E-state index in [0.29, 0.717) is 24.7 Å². The average molecular weight is 221 g/mol. The number of aromatic nitrogens is 2. The van der Waals surface area contributed by atoms with Gasteiger partial charge in [-0.1, -0.05) is 0 Å². The Kier molecular flexibility index (Phi) is 3.39. The first-order valence-electron chi connectivity index (χ1n) is 5.91. The van der Waals surface area contributed by atoms with Crippen molar-refractivity contribution in [1.82, 2.24) is 14.5 Å². The SMILES string of the molecule is CC(C)n1cncc1CN1CCC(=O)CC1. The first kappa shape index (κ1) is 11.3. The minimum atomic E-state index is 0.397. The third kappa shape index (κ3) is 2.50. The summed E-state index contributed by atoms with van der Waals surface area (Å²) in [4.78, 5) is 17.7. The molecule has 16 heavy (non-hydrogen) atoms. The fourth-order valence-electron chi connectivity index (χ4n) is 2.11. The number of imidazole rings is 1. The second-order valence-corrected chi connectivity index (χ2v) is 4.70. The highest BCUT2D eigenvalue weighted by atomic mass is 16.1. The Labute approximate surface area is 96.3 Å². The molecule has 2 heterocycles. The highest BCUT2D eigenvalue weighted by molar-refractivity contribution is 5.79. The van der Waals surface area contributed by atoms with Crippen molar-refractivity contribution in [2.75, 3.05) is 13.1 Å². The predicted molar refractivity (Wildman–Crippen MR) is 62.1 cm³/mol. The van der Waals surface area contributed by atoms with Crippen LogP contribution in [0.25, 0.3) is 0 Å². The maximum Gasteiger partial charge on any atom is 0.135 e. The van der Waals surface area contributed by atoms with Crippen molar-refractivity contribution in [3.63, 3.8) is 0 Å². The van der Waals surface area contributed by atoms with E-state index in [4.69, 9.17) is 0 Å². The van der Waals surface area contributed by atoms with E-state index in [2.05, 4.69) is 28.3 Å². The van der Waals surface area contributed by atoms with Crippen LogP contribution in [-0.2, 0) is 11.3 Å². The second-order valence-electron chi connectivity index (χ2n) is 4.70. The Balaban J connectivity index is 1.98. The van der Waals surface area contributed by atoms with Crippen molar-refractivity contribution in [2.45, 2.75) is 39.3 Å². The zero-order valence-electron chi connectivity index (χ0n) is 10.0. The molecule has 1 aromatic heterocycles. The van der Waals surface area contributed by atoms with E-state index in [1.54, 1.807) is 0 Å². The number of nitrogens with zero attached hydrogens (tertiary/aromatic N) is 3. The summed E-state index contributed by atoms with van der Waals surface area (Å²) in [6.45, 7) is 7.01. The van der Waals surface area contributed by atoms with Gasteiger partial charge in [0, 0.05) is 44.7 Å². The number of ketones is 1. The molecule has 0 spiro atoms. The van der Waals surface area contributed by atoms with Crippen LogP contribution in [0.1, 0.15) is 38.4 Å². The van der Waals surface area contributed by atoms with Crippen molar-refractivity contribution in [1.29, 1.82) is 0 Å². The van der Waals surface area contributed by atoms with Gasteiger partial charge in [0.1, 0.15) is 5.78 Å². The standard InChI is InChI=1S/C12H19N3O/c1-10(2)15-9-13-7-11(15)8-14-5-3-12(16)4-6-14/h7,9-10H,3-6,8H2,1-2H3. The lowest BCUT2D eigenvalue weighted by Crippen LogP contribution is -2.33. The first-order valence-corrected chi connectivity index (χ1v) is 5.91. The summed E-state index contributed by atoms with van der Waals surface area (Å²) in [7, 11) is 0. The van der Waals surface area contributed by atoms with E-state index in [1.807, 2.05) is 12.5 Å². The summed E-state index contributed by atoms with van der Waals surface area (Å²) < 4.78 is 2.19. The predicted octanol–water partition coefficient (Wildman–Crippen LogP) is 1.63. The van der Waals surface area contributed by atoms with E-state index in [9.17, 15) is 4.79 Å². The van der Waals surface area contributed by atoms with Crippen molar-refractivity contribution in [3.05, 3.63) is 18.2 Å². The quantitative estimate of drug-likeness (QED) is 0.778. The van der Waals surface area contributed by atoms with E-state index < -0.39 is 0 Å². The Bertz CT molecular complexity index is 360. The molecule has 88 valence electrons. The number of hydrogen-bond donors (Lipinski definition) is 0. The molecule has 0 radical (unpaired) electrons.